The maximum atomic E-state index is 12.1. The van der Waals surface area contributed by atoms with Gasteiger partial charge in [-0.3, -0.25) is 4.79 Å². The molecule has 0 N–H and O–H groups in total. The third-order valence-electron chi connectivity index (χ3n) is 3.28. The van der Waals surface area contributed by atoms with Crippen LogP contribution in [-0.2, 0) is 20.7 Å². The van der Waals surface area contributed by atoms with Gasteiger partial charge in [-0.25, -0.2) is 9.69 Å². The molecule has 0 bridgehead atoms. The molecule has 1 fully saturated rings. The van der Waals surface area contributed by atoms with Crippen LogP contribution >= 0.6 is 0 Å². The van der Waals surface area contributed by atoms with Crippen LogP contribution in [0.1, 0.15) is 18.4 Å². The molecule has 0 aliphatic carbocycles. The van der Waals surface area contributed by atoms with Crippen LogP contribution in [0.3, 0.4) is 0 Å². The van der Waals surface area contributed by atoms with Gasteiger partial charge in [0.25, 0.3) is 0 Å². The average molecular weight is 277 g/mol. The van der Waals surface area contributed by atoms with Crippen molar-refractivity contribution in [2.75, 3.05) is 20.3 Å². The normalized spacial score (nSPS) is 18.1. The molecule has 0 radical (unpaired) electrons. The molecular weight excluding hydrogens is 258 g/mol. The summed E-state index contributed by atoms with van der Waals surface area (Å²) < 4.78 is 9.93. The van der Waals surface area contributed by atoms with Crippen molar-refractivity contribution < 1.29 is 19.1 Å². The molecular formula is C15H19NO4. The molecule has 1 aromatic carbocycles. The van der Waals surface area contributed by atoms with Crippen molar-refractivity contribution in [3.8, 4) is 0 Å². The van der Waals surface area contributed by atoms with Gasteiger partial charge in [0.15, 0.2) is 0 Å². The highest BCUT2D eigenvalue weighted by Gasteiger charge is 2.37. The Hall–Kier alpha value is -1.88. The van der Waals surface area contributed by atoms with Crippen LogP contribution in [0.4, 0.5) is 4.79 Å². The van der Waals surface area contributed by atoms with Gasteiger partial charge in [0.1, 0.15) is 6.61 Å². The van der Waals surface area contributed by atoms with Crippen molar-refractivity contribution in [1.82, 2.24) is 4.90 Å². The van der Waals surface area contributed by atoms with E-state index in [1.807, 2.05) is 30.3 Å². The Bertz CT molecular complexity index is 460. The van der Waals surface area contributed by atoms with E-state index in [4.69, 9.17) is 9.47 Å². The number of methoxy groups -OCH3 is 1. The lowest BCUT2D eigenvalue weighted by Crippen LogP contribution is -2.40. The fraction of sp³-hybridized carbons (Fsp3) is 0.467. The molecule has 5 heteroatoms. The third-order valence-corrected chi connectivity index (χ3v) is 3.28. The summed E-state index contributed by atoms with van der Waals surface area (Å²) >= 11 is 0. The summed E-state index contributed by atoms with van der Waals surface area (Å²) in [6.45, 7) is 0.779. The minimum atomic E-state index is -0.534. The molecule has 0 spiro atoms. The van der Waals surface area contributed by atoms with Gasteiger partial charge in [-0.1, -0.05) is 30.3 Å². The minimum absolute atomic E-state index is 0.189. The SMILES string of the molecule is COCCCC(=O)N1C(=O)OC[C@@H]1Cc1ccccc1. The van der Waals surface area contributed by atoms with E-state index in [-0.39, 0.29) is 18.6 Å². The van der Waals surface area contributed by atoms with Gasteiger partial charge in [-0.15, -0.1) is 0 Å². The number of hydrogen-bond acceptors (Lipinski definition) is 4. The molecule has 0 saturated carbocycles. The zero-order valence-electron chi connectivity index (χ0n) is 11.6. The summed E-state index contributed by atoms with van der Waals surface area (Å²) in [6, 6.07) is 9.58. The Kier molecular flexibility index (Phi) is 5.12. The zero-order valence-corrected chi connectivity index (χ0v) is 11.6. The Morgan fingerprint density at radius 3 is 2.85 bits per heavy atom. The number of nitrogens with zero attached hydrogens (tertiary/aromatic N) is 1. The molecule has 2 amide bonds. The molecule has 1 heterocycles. The number of carbonyl (C=O) groups excluding carboxylic acids is 2. The van der Waals surface area contributed by atoms with Crippen LogP contribution in [0.2, 0.25) is 0 Å². The molecule has 20 heavy (non-hydrogen) atoms. The number of amides is 2. The van der Waals surface area contributed by atoms with Crippen molar-refractivity contribution >= 4 is 12.0 Å². The van der Waals surface area contributed by atoms with Gasteiger partial charge in [-0.05, 0) is 18.4 Å². The van der Waals surface area contributed by atoms with Gasteiger partial charge in [-0.2, -0.15) is 0 Å². The minimum Gasteiger partial charge on any atom is -0.447 e. The number of ether oxygens (including phenoxy) is 2. The van der Waals surface area contributed by atoms with Gasteiger partial charge in [0.05, 0.1) is 6.04 Å². The van der Waals surface area contributed by atoms with Crippen molar-refractivity contribution in [1.29, 1.82) is 0 Å². The monoisotopic (exact) mass is 277 g/mol. The highest BCUT2D eigenvalue weighted by molar-refractivity contribution is 5.93. The quantitative estimate of drug-likeness (QED) is 0.746. The number of carbonyl (C=O) groups is 2. The first-order valence-electron chi connectivity index (χ1n) is 6.74. The lowest BCUT2D eigenvalue weighted by molar-refractivity contribution is -0.129. The fourth-order valence-corrected chi connectivity index (χ4v) is 2.29. The molecule has 1 saturated heterocycles. The standard InChI is InChI=1S/C15H19NO4/c1-19-9-5-8-14(17)16-13(11-20-15(16)18)10-12-6-3-2-4-7-12/h2-4,6-7,13H,5,8-11H2,1H3/t13-/m0/s1. The van der Waals surface area contributed by atoms with E-state index in [0.717, 1.165) is 5.56 Å². The second kappa shape index (κ2) is 7.05. The second-order valence-electron chi connectivity index (χ2n) is 4.78. The van der Waals surface area contributed by atoms with Crippen LogP contribution in [0, 0.1) is 0 Å². The highest BCUT2D eigenvalue weighted by atomic mass is 16.6. The summed E-state index contributed by atoms with van der Waals surface area (Å²) in [7, 11) is 1.59. The largest absolute Gasteiger partial charge is 0.447 e. The van der Waals surface area contributed by atoms with Gasteiger partial charge in [0.2, 0.25) is 5.91 Å². The average Bonchev–Trinajstić information content (AvgIpc) is 2.81. The Morgan fingerprint density at radius 2 is 2.15 bits per heavy atom. The van der Waals surface area contributed by atoms with E-state index in [2.05, 4.69) is 0 Å². The predicted octanol–water partition coefficient (Wildman–Crippen LogP) is 2.00. The molecule has 2 rings (SSSR count). The Labute approximate surface area is 118 Å². The van der Waals surface area contributed by atoms with Crippen LogP contribution in [0.15, 0.2) is 30.3 Å². The van der Waals surface area contributed by atoms with Crippen molar-refractivity contribution in [3.05, 3.63) is 35.9 Å². The summed E-state index contributed by atoms with van der Waals surface area (Å²) in [5, 5.41) is 0. The van der Waals surface area contributed by atoms with Crippen molar-refractivity contribution in [2.45, 2.75) is 25.3 Å². The van der Waals surface area contributed by atoms with E-state index >= 15 is 0 Å². The topological polar surface area (TPSA) is 55.8 Å². The molecule has 1 aliphatic heterocycles. The Morgan fingerprint density at radius 1 is 1.40 bits per heavy atom. The highest BCUT2D eigenvalue weighted by Crippen LogP contribution is 2.18. The van der Waals surface area contributed by atoms with Crippen LogP contribution in [0.25, 0.3) is 0 Å². The first kappa shape index (κ1) is 14.5. The van der Waals surface area contributed by atoms with Crippen molar-refractivity contribution in [2.24, 2.45) is 0 Å². The van der Waals surface area contributed by atoms with E-state index in [1.54, 1.807) is 7.11 Å². The van der Waals surface area contributed by atoms with E-state index in [1.165, 1.54) is 4.90 Å². The molecule has 1 aliphatic rings. The van der Waals surface area contributed by atoms with E-state index < -0.39 is 6.09 Å². The maximum Gasteiger partial charge on any atom is 0.416 e. The number of cyclic esters (lactones) is 1. The summed E-state index contributed by atoms with van der Waals surface area (Å²) in [5.74, 6) is -0.189. The molecule has 0 aromatic heterocycles. The molecule has 0 unspecified atom stereocenters. The maximum absolute atomic E-state index is 12.1. The number of rotatable bonds is 6. The number of hydrogen-bond donors (Lipinski definition) is 0. The molecule has 5 nitrogen and oxygen atoms in total. The van der Waals surface area contributed by atoms with Crippen LogP contribution < -0.4 is 0 Å². The van der Waals surface area contributed by atoms with Crippen LogP contribution in [-0.4, -0.2) is 43.3 Å². The third kappa shape index (κ3) is 3.57. The summed E-state index contributed by atoms with van der Waals surface area (Å²) in [5.41, 5.74) is 1.09. The van der Waals surface area contributed by atoms with Gasteiger partial charge < -0.3 is 9.47 Å². The van der Waals surface area contributed by atoms with Crippen LogP contribution in [0.5, 0.6) is 0 Å². The Balaban J connectivity index is 1.97. The second-order valence-corrected chi connectivity index (χ2v) is 4.78. The fourth-order valence-electron chi connectivity index (χ4n) is 2.29. The lowest BCUT2D eigenvalue weighted by atomic mass is 10.1. The first-order valence-corrected chi connectivity index (χ1v) is 6.74. The molecule has 1 aromatic rings. The smallest absolute Gasteiger partial charge is 0.416 e. The molecule has 108 valence electrons. The van der Waals surface area contributed by atoms with E-state index in [0.29, 0.717) is 25.9 Å². The van der Waals surface area contributed by atoms with Gasteiger partial charge >= 0.3 is 6.09 Å². The van der Waals surface area contributed by atoms with Gasteiger partial charge in [0, 0.05) is 20.1 Å². The number of imide groups is 1. The summed E-state index contributed by atoms with van der Waals surface area (Å²) in [6.07, 6.45) is 1.00. The zero-order chi connectivity index (χ0) is 14.4. The number of benzene rings is 1. The predicted molar refractivity (Wildman–Crippen MR) is 73.2 cm³/mol. The summed E-state index contributed by atoms with van der Waals surface area (Å²) in [4.78, 5) is 25.1. The lowest BCUT2D eigenvalue weighted by Gasteiger charge is -2.19. The first-order chi connectivity index (χ1) is 9.72. The van der Waals surface area contributed by atoms with Crippen molar-refractivity contribution in [3.63, 3.8) is 0 Å². The molecule has 1 atom stereocenters. The van der Waals surface area contributed by atoms with E-state index in [9.17, 15) is 9.59 Å².